The van der Waals surface area contributed by atoms with Gasteiger partial charge in [0.05, 0.1) is 6.10 Å². The Morgan fingerprint density at radius 2 is 1.89 bits per heavy atom. The second-order valence-corrected chi connectivity index (χ2v) is 4.83. The molecule has 1 aromatic heterocycles. The minimum atomic E-state index is -0.365. The first-order valence-electron chi connectivity index (χ1n) is 6.96. The fourth-order valence-corrected chi connectivity index (χ4v) is 2.13. The third-order valence-corrected chi connectivity index (χ3v) is 3.39. The van der Waals surface area contributed by atoms with Gasteiger partial charge in [0.2, 0.25) is 0 Å². The minimum absolute atomic E-state index is 0.365. The largest absolute Gasteiger partial charge is 0.388 e. The fourth-order valence-electron chi connectivity index (χ4n) is 2.13. The molecule has 2 nitrogen and oxygen atoms in total. The summed E-state index contributed by atoms with van der Waals surface area (Å²) in [5.41, 5.74) is 3.38. The smallest absolute Gasteiger partial charge is 0.0790 e. The van der Waals surface area contributed by atoms with E-state index in [2.05, 4.69) is 24.0 Å². The normalized spacial score (nSPS) is 12.3. The molecule has 19 heavy (non-hydrogen) atoms. The highest BCUT2D eigenvalue weighted by Crippen LogP contribution is 2.18. The van der Waals surface area contributed by atoms with Gasteiger partial charge in [-0.1, -0.05) is 43.3 Å². The van der Waals surface area contributed by atoms with Gasteiger partial charge in [-0.2, -0.15) is 0 Å². The molecule has 1 heterocycles. The first-order chi connectivity index (χ1) is 9.29. The molecule has 0 saturated carbocycles. The maximum atomic E-state index is 10.1. The van der Waals surface area contributed by atoms with E-state index in [0.29, 0.717) is 0 Å². The van der Waals surface area contributed by atoms with Gasteiger partial charge in [0.1, 0.15) is 0 Å². The molecule has 100 valence electrons. The van der Waals surface area contributed by atoms with Crippen LogP contribution in [-0.2, 0) is 12.8 Å². The lowest BCUT2D eigenvalue weighted by molar-refractivity contribution is 0.164. The number of rotatable bonds is 6. The molecule has 1 N–H and O–H groups in total. The van der Waals surface area contributed by atoms with E-state index in [1.807, 2.05) is 36.5 Å². The summed E-state index contributed by atoms with van der Waals surface area (Å²) in [6, 6.07) is 14.1. The van der Waals surface area contributed by atoms with Crippen LogP contribution < -0.4 is 0 Å². The average molecular weight is 255 g/mol. The predicted octanol–water partition coefficient (Wildman–Crippen LogP) is 3.70. The Hall–Kier alpha value is -1.67. The number of aryl methyl sites for hydroxylation is 2. The monoisotopic (exact) mass is 255 g/mol. The number of hydrogen-bond donors (Lipinski definition) is 1. The zero-order chi connectivity index (χ0) is 13.5. The van der Waals surface area contributed by atoms with Crippen LogP contribution >= 0.6 is 0 Å². The number of benzene rings is 1. The molecule has 2 heteroatoms. The SMILES string of the molecule is CCc1ccc(CCCC(O)c2ccccc2)nc1. The standard InChI is InChI=1S/C17H21NO/c1-2-14-11-12-16(18-13-14)9-6-10-17(19)15-7-4-3-5-8-15/h3-5,7-8,11-13,17,19H,2,6,9-10H2,1H3. The minimum Gasteiger partial charge on any atom is -0.388 e. The Morgan fingerprint density at radius 1 is 1.11 bits per heavy atom. The highest BCUT2D eigenvalue weighted by atomic mass is 16.3. The van der Waals surface area contributed by atoms with E-state index in [0.717, 1.165) is 36.9 Å². The summed E-state index contributed by atoms with van der Waals surface area (Å²) in [5, 5.41) is 10.1. The molecule has 0 spiro atoms. The maximum absolute atomic E-state index is 10.1. The van der Waals surface area contributed by atoms with Gasteiger partial charge in [0.15, 0.2) is 0 Å². The summed E-state index contributed by atoms with van der Waals surface area (Å²) in [7, 11) is 0. The lowest BCUT2D eigenvalue weighted by Crippen LogP contribution is -1.99. The summed E-state index contributed by atoms with van der Waals surface area (Å²) in [6.07, 6.45) is 5.27. The van der Waals surface area contributed by atoms with Gasteiger partial charge in [-0.3, -0.25) is 4.98 Å². The molecule has 1 aromatic carbocycles. The van der Waals surface area contributed by atoms with E-state index >= 15 is 0 Å². The second kappa shape index (κ2) is 7.05. The first-order valence-corrected chi connectivity index (χ1v) is 6.96. The van der Waals surface area contributed by atoms with Crippen molar-refractivity contribution in [2.24, 2.45) is 0 Å². The number of aliphatic hydroxyl groups is 1. The van der Waals surface area contributed by atoms with Crippen molar-refractivity contribution < 1.29 is 5.11 Å². The zero-order valence-electron chi connectivity index (χ0n) is 11.4. The third kappa shape index (κ3) is 4.18. The summed E-state index contributed by atoms with van der Waals surface area (Å²) < 4.78 is 0. The van der Waals surface area contributed by atoms with Gasteiger partial charge in [-0.05, 0) is 42.9 Å². The van der Waals surface area contributed by atoms with Crippen LogP contribution in [0.4, 0.5) is 0 Å². The van der Waals surface area contributed by atoms with Gasteiger partial charge in [-0.15, -0.1) is 0 Å². The molecule has 0 aliphatic heterocycles. The molecule has 0 aliphatic rings. The molecule has 0 fully saturated rings. The van der Waals surface area contributed by atoms with Crippen molar-refractivity contribution in [1.29, 1.82) is 0 Å². The summed E-state index contributed by atoms with van der Waals surface area (Å²) in [5.74, 6) is 0. The molecule has 2 aromatic rings. The Kier molecular flexibility index (Phi) is 5.10. The van der Waals surface area contributed by atoms with Crippen LogP contribution in [0, 0.1) is 0 Å². The fraction of sp³-hybridized carbons (Fsp3) is 0.353. The van der Waals surface area contributed by atoms with Crippen LogP contribution in [0.15, 0.2) is 48.7 Å². The lowest BCUT2D eigenvalue weighted by Gasteiger charge is -2.10. The molecule has 0 amide bonds. The number of aromatic nitrogens is 1. The highest BCUT2D eigenvalue weighted by Gasteiger charge is 2.06. The maximum Gasteiger partial charge on any atom is 0.0790 e. The predicted molar refractivity (Wildman–Crippen MR) is 78.0 cm³/mol. The number of pyridine rings is 1. The highest BCUT2D eigenvalue weighted by molar-refractivity contribution is 5.17. The number of nitrogens with zero attached hydrogens (tertiary/aromatic N) is 1. The Morgan fingerprint density at radius 3 is 2.53 bits per heavy atom. The van der Waals surface area contributed by atoms with Crippen molar-refractivity contribution in [3.63, 3.8) is 0 Å². The number of aliphatic hydroxyl groups excluding tert-OH is 1. The molecule has 0 aliphatic carbocycles. The first kappa shape index (κ1) is 13.8. The van der Waals surface area contributed by atoms with E-state index < -0.39 is 0 Å². The topological polar surface area (TPSA) is 33.1 Å². The molecule has 0 bridgehead atoms. The van der Waals surface area contributed by atoms with Crippen molar-refractivity contribution >= 4 is 0 Å². The Balaban J connectivity index is 1.79. The number of hydrogen-bond acceptors (Lipinski definition) is 2. The van der Waals surface area contributed by atoms with Crippen LogP contribution in [0.5, 0.6) is 0 Å². The Bertz CT molecular complexity index is 478. The van der Waals surface area contributed by atoms with E-state index in [1.54, 1.807) is 0 Å². The average Bonchev–Trinajstić information content (AvgIpc) is 2.49. The summed E-state index contributed by atoms with van der Waals surface area (Å²) in [6.45, 7) is 2.13. The van der Waals surface area contributed by atoms with Gasteiger partial charge in [0.25, 0.3) is 0 Å². The third-order valence-electron chi connectivity index (χ3n) is 3.39. The van der Waals surface area contributed by atoms with Crippen molar-refractivity contribution in [3.8, 4) is 0 Å². The van der Waals surface area contributed by atoms with Crippen LogP contribution in [0.3, 0.4) is 0 Å². The van der Waals surface area contributed by atoms with E-state index in [4.69, 9.17) is 0 Å². The zero-order valence-corrected chi connectivity index (χ0v) is 11.4. The van der Waals surface area contributed by atoms with E-state index in [9.17, 15) is 5.11 Å². The van der Waals surface area contributed by atoms with Crippen LogP contribution in [0.25, 0.3) is 0 Å². The van der Waals surface area contributed by atoms with Gasteiger partial charge < -0.3 is 5.11 Å². The van der Waals surface area contributed by atoms with Crippen molar-refractivity contribution in [2.75, 3.05) is 0 Å². The molecule has 1 unspecified atom stereocenters. The van der Waals surface area contributed by atoms with Crippen LogP contribution in [-0.4, -0.2) is 10.1 Å². The molecular formula is C17H21NO. The van der Waals surface area contributed by atoms with Crippen molar-refractivity contribution in [3.05, 3.63) is 65.5 Å². The van der Waals surface area contributed by atoms with E-state index in [1.165, 1.54) is 5.56 Å². The summed E-state index contributed by atoms with van der Waals surface area (Å²) in [4.78, 5) is 4.44. The van der Waals surface area contributed by atoms with Crippen LogP contribution in [0.1, 0.15) is 42.7 Å². The van der Waals surface area contributed by atoms with E-state index in [-0.39, 0.29) is 6.10 Å². The molecule has 0 saturated heterocycles. The van der Waals surface area contributed by atoms with Crippen molar-refractivity contribution in [2.45, 2.75) is 38.7 Å². The Labute approximate surface area is 115 Å². The molecular weight excluding hydrogens is 234 g/mol. The quantitative estimate of drug-likeness (QED) is 0.853. The molecule has 2 rings (SSSR count). The van der Waals surface area contributed by atoms with Crippen LogP contribution in [0.2, 0.25) is 0 Å². The molecule has 0 radical (unpaired) electrons. The summed E-state index contributed by atoms with van der Waals surface area (Å²) >= 11 is 0. The lowest BCUT2D eigenvalue weighted by atomic mass is 10.0. The van der Waals surface area contributed by atoms with Gasteiger partial charge >= 0.3 is 0 Å². The second-order valence-electron chi connectivity index (χ2n) is 4.83. The molecule has 1 atom stereocenters. The van der Waals surface area contributed by atoms with Gasteiger partial charge in [-0.25, -0.2) is 0 Å². The van der Waals surface area contributed by atoms with Crippen molar-refractivity contribution in [1.82, 2.24) is 4.98 Å². The van der Waals surface area contributed by atoms with Gasteiger partial charge in [0, 0.05) is 11.9 Å².